The number of hydrogen-bond acceptors (Lipinski definition) is 6. The van der Waals surface area contributed by atoms with Crippen molar-refractivity contribution in [3.05, 3.63) is 66.2 Å². The number of piperazine rings is 1. The molecular formula is C21H23N7O2. The van der Waals surface area contributed by atoms with Gasteiger partial charge in [0.1, 0.15) is 0 Å². The number of aromatic nitrogens is 4. The molecule has 1 aromatic heterocycles. The SMILES string of the molecule is O=C(NCCC(=O)N1CCN(c2nnnn2-c2ccccc2)CC1)c1ccccc1. The number of rotatable bonds is 6. The first-order chi connectivity index (χ1) is 14.7. The fourth-order valence-electron chi connectivity index (χ4n) is 3.40. The van der Waals surface area contributed by atoms with Crippen molar-refractivity contribution < 1.29 is 9.59 Å². The zero-order chi connectivity index (χ0) is 20.8. The molecule has 154 valence electrons. The Bertz CT molecular complexity index is 983. The van der Waals surface area contributed by atoms with Gasteiger partial charge in [0.05, 0.1) is 5.69 Å². The summed E-state index contributed by atoms with van der Waals surface area (Å²) in [4.78, 5) is 28.5. The molecule has 0 aliphatic carbocycles. The van der Waals surface area contributed by atoms with Crippen molar-refractivity contribution in [2.24, 2.45) is 0 Å². The topological polar surface area (TPSA) is 96.2 Å². The first-order valence-electron chi connectivity index (χ1n) is 9.92. The number of benzene rings is 2. The summed E-state index contributed by atoms with van der Waals surface area (Å²) < 4.78 is 1.70. The molecule has 9 heteroatoms. The Morgan fingerprint density at radius 1 is 0.900 bits per heavy atom. The summed E-state index contributed by atoms with van der Waals surface area (Å²) in [5.74, 6) is 0.537. The lowest BCUT2D eigenvalue weighted by Crippen LogP contribution is -2.50. The van der Waals surface area contributed by atoms with Gasteiger partial charge >= 0.3 is 0 Å². The second-order valence-electron chi connectivity index (χ2n) is 6.97. The molecule has 0 radical (unpaired) electrons. The molecule has 0 atom stereocenters. The van der Waals surface area contributed by atoms with E-state index in [1.165, 1.54) is 0 Å². The Morgan fingerprint density at radius 2 is 1.57 bits per heavy atom. The highest BCUT2D eigenvalue weighted by atomic mass is 16.2. The standard InChI is InChI=1S/C21H23N7O2/c29-19(11-12-22-20(30)17-7-3-1-4-8-17)26-13-15-27(16-14-26)21-23-24-25-28(21)18-9-5-2-6-10-18/h1-10H,11-16H2,(H,22,30). The summed E-state index contributed by atoms with van der Waals surface area (Å²) in [7, 11) is 0. The predicted octanol–water partition coefficient (Wildman–Crippen LogP) is 1.13. The summed E-state index contributed by atoms with van der Waals surface area (Å²) in [6.07, 6.45) is 0.278. The molecule has 0 spiro atoms. The molecule has 0 bridgehead atoms. The van der Waals surface area contributed by atoms with Crippen LogP contribution in [-0.4, -0.2) is 69.6 Å². The summed E-state index contributed by atoms with van der Waals surface area (Å²) in [5.41, 5.74) is 1.49. The van der Waals surface area contributed by atoms with Crippen LogP contribution in [0.2, 0.25) is 0 Å². The van der Waals surface area contributed by atoms with Crippen LogP contribution in [0, 0.1) is 0 Å². The predicted molar refractivity (Wildman–Crippen MR) is 111 cm³/mol. The molecule has 2 aromatic carbocycles. The Hall–Kier alpha value is -3.75. The summed E-state index contributed by atoms with van der Waals surface area (Å²) in [6.45, 7) is 2.80. The van der Waals surface area contributed by atoms with Crippen LogP contribution in [0.4, 0.5) is 5.95 Å². The van der Waals surface area contributed by atoms with Gasteiger partial charge in [-0.3, -0.25) is 9.59 Å². The molecule has 1 aliphatic rings. The van der Waals surface area contributed by atoms with Crippen LogP contribution in [0.15, 0.2) is 60.7 Å². The number of amides is 2. The van der Waals surface area contributed by atoms with Gasteiger partial charge in [0.15, 0.2) is 0 Å². The minimum Gasteiger partial charge on any atom is -0.352 e. The fourth-order valence-corrected chi connectivity index (χ4v) is 3.40. The average Bonchev–Trinajstić information content (AvgIpc) is 3.30. The van der Waals surface area contributed by atoms with Crippen molar-refractivity contribution in [1.29, 1.82) is 0 Å². The molecule has 1 saturated heterocycles. The largest absolute Gasteiger partial charge is 0.352 e. The molecule has 2 amide bonds. The van der Waals surface area contributed by atoms with E-state index in [1.54, 1.807) is 16.8 Å². The van der Waals surface area contributed by atoms with Gasteiger partial charge in [-0.1, -0.05) is 41.5 Å². The van der Waals surface area contributed by atoms with Crippen molar-refractivity contribution in [2.45, 2.75) is 6.42 Å². The third-order valence-electron chi connectivity index (χ3n) is 5.03. The number of nitrogens with one attached hydrogen (secondary N) is 1. The van der Waals surface area contributed by atoms with Crippen LogP contribution in [0.25, 0.3) is 5.69 Å². The van der Waals surface area contributed by atoms with Crippen LogP contribution in [-0.2, 0) is 4.79 Å². The van der Waals surface area contributed by atoms with Gasteiger partial charge in [0, 0.05) is 44.7 Å². The summed E-state index contributed by atoms with van der Waals surface area (Å²) >= 11 is 0. The number of tetrazole rings is 1. The minimum atomic E-state index is -0.166. The third kappa shape index (κ3) is 4.45. The van der Waals surface area contributed by atoms with E-state index in [4.69, 9.17) is 0 Å². The fraction of sp³-hybridized carbons (Fsp3) is 0.286. The van der Waals surface area contributed by atoms with Crippen molar-refractivity contribution in [1.82, 2.24) is 30.4 Å². The number of nitrogens with zero attached hydrogens (tertiary/aromatic N) is 6. The van der Waals surface area contributed by atoms with Gasteiger partial charge in [0.2, 0.25) is 11.9 Å². The Balaban J connectivity index is 1.26. The van der Waals surface area contributed by atoms with Gasteiger partial charge in [-0.15, -0.1) is 0 Å². The Kier molecular flexibility index (Phi) is 5.98. The van der Waals surface area contributed by atoms with Crippen LogP contribution >= 0.6 is 0 Å². The molecule has 1 fully saturated rings. The Labute approximate surface area is 174 Å². The lowest BCUT2D eigenvalue weighted by Gasteiger charge is -2.34. The van der Waals surface area contributed by atoms with Gasteiger partial charge in [0.25, 0.3) is 5.91 Å². The molecule has 1 N–H and O–H groups in total. The zero-order valence-electron chi connectivity index (χ0n) is 16.5. The van der Waals surface area contributed by atoms with E-state index in [1.807, 2.05) is 53.4 Å². The van der Waals surface area contributed by atoms with E-state index in [2.05, 4.69) is 25.7 Å². The quantitative estimate of drug-likeness (QED) is 0.661. The molecule has 3 aromatic rings. The van der Waals surface area contributed by atoms with Crippen LogP contribution in [0.1, 0.15) is 16.8 Å². The maximum Gasteiger partial charge on any atom is 0.251 e. The minimum absolute atomic E-state index is 0.0330. The van der Waals surface area contributed by atoms with E-state index in [9.17, 15) is 9.59 Å². The molecule has 4 rings (SSSR count). The average molecular weight is 405 g/mol. The van der Waals surface area contributed by atoms with Crippen molar-refractivity contribution >= 4 is 17.8 Å². The van der Waals surface area contributed by atoms with E-state index in [0.29, 0.717) is 44.2 Å². The lowest BCUT2D eigenvalue weighted by molar-refractivity contribution is -0.131. The molecule has 2 heterocycles. The van der Waals surface area contributed by atoms with Crippen LogP contribution < -0.4 is 10.2 Å². The second kappa shape index (κ2) is 9.17. The number of carbonyl (C=O) groups excluding carboxylic acids is 2. The highest BCUT2D eigenvalue weighted by Crippen LogP contribution is 2.17. The van der Waals surface area contributed by atoms with Gasteiger partial charge in [-0.2, -0.15) is 4.68 Å². The summed E-state index contributed by atoms with van der Waals surface area (Å²) in [6, 6.07) is 18.7. The molecular weight excluding hydrogens is 382 g/mol. The maximum atomic E-state index is 12.5. The summed E-state index contributed by atoms with van der Waals surface area (Å²) in [5, 5.41) is 14.9. The molecule has 0 unspecified atom stereocenters. The first-order valence-corrected chi connectivity index (χ1v) is 9.92. The van der Waals surface area contributed by atoms with E-state index < -0.39 is 0 Å². The maximum absolute atomic E-state index is 12.5. The van der Waals surface area contributed by atoms with Gasteiger partial charge in [-0.05, 0) is 34.7 Å². The van der Waals surface area contributed by atoms with Crippen molar-refractivity contribution in [3.63, 3.8) is 0 Å². The zero-order valence-corrected chi connectivity index (χ0v) is 16.5. The molecule has 30 heavy (non-hydrogen) atoms. The normalized spacial score (nSPS) is 13.9. The lowest BCUT2D eigenvalue weighted by atomic mass is 10.2. The smallest absolute Gasteiger partial charge is 0.251 e. The van der Waals surface area contributed by atoms with Crippen molar-refractivity contribution in [3.8, 4) is 5.69 Å². The van der Waals surface area contributed by atoms with Crippen LogP contribution in [0.5, 0.6) is 0 Å². The van der Waals surface area contributed by atoms with Gasteiger partial charge in [-0.25, -0.2) is 0 Å². The van der Waals surface area contributed by atoms with E-state index in [-0.39, 0.29) is 18.2 Å². The first kappa shape index (κ1) is 19.6. The van der Waals surface area contributed by atoms with Crippen molar-refractivity contribution in [2.75, 3.05) is 37.6 Å². The highest BCUT2D eigenvalue weighted by molar-refractivity contribution is 5.94. The van der Waals surface area contributed by atoms with E-state index >= 15 is 0 Å². The number of hydrogen-bond donors (Lipinski definition) is 1. The third-order valence-corrected chi connectivity index (χ3v) is 5.03. The second-order valence-corrected chi connectivity index (χ2v) is 6.97. The molecule has 1 aliphatic heterocycles. The number of carbonyl (C=O) groups is 2. The van der Waals surface area contributed by atoms with E-state index in [0.717, 1.165) is 5.69 Å². The monoisotopic (exact) mass is 405 g/mol. The van der Waals surface area contributed by atoms with Gasteiger partial charge < -0.3 is 15.1 Å². The Morgan fingerprint density at radius 3 is 2.27 bits per heavy atom. The number of para-hydroxylation sites is 1. The highest BCUT2D eigenvalue weighted by Gasteiger charge is 2.24. The molecule has 9 nitrogen and oxygen atoms in total. The van der Waals surface area contributed by atoms with Crippen LogP contribution in [0.3, 0.4) is 0 Å². The number of anilines is 1. The molecule has 0 saturated carbocycles.